The maximum absolute atomic E-state index is 2.30. The van der Waals surface area contributed by atoms with Crippen molar-refractivity contribution < 1.29 is 0 Å². The molecule has 0 aliphatic rings. The van der Waals surface area contributed by atoms with E-state index in [0.29, 0.717) is 10.3 Å². The summed E-state index contributed by atoms with van der Waals surface area (Å²) in [4.78, 5) is 0. The van der Waals surface area contributed by atoms with Crippen LogP contribution < -0.4 is 0 Å². The van der Waals surface area contributed by atoms with E-state index in [9.17, 15) is 0 Å². The van der Waals surface area contributed by atoms with Gasteiger partial charge in [-0.15, -0.1) is 8.58 Å². The minimum absolute atomic E-state index is 0. The van der Waals surface area contributed by atoms with Crippen LogP contribution in [0, 0.1) is 0 Å². The fourth-order valence-electron chi connectivity index (χ4n) is 1.12. The van der Waals surface area contributed by atoms with Crippen molar-refractivity contribution in [2.24, 2.45) is 0 Å². The number of hydrogen-bond donors (Lipinski definition) is 0. The smallest absolute Gasteiger partial charge is 0 e. The number of rotatable bonds is 0. The average Bonchev–Trinajstić information content (AvgIpc) is 1.14. The molecule has 0 fully saturated rings. The molecule has 0 nitrogen and oxygen atoms in total. The van der Waals surface area contributed by atoms with Gasteiger partial charge >= 0.3 is 0 Å². The Morgan fingerprint density at radius 3 is 0.769 bits per heavy atom. The molecule has 0 heterocycles. The van der Waals surface area contributed by atoms with E-state index in [1.807, 2.05) is 0 Å². The Bertz CT molecular complexity index is 75.2. The maximum Gasteiger partial charge on any atom is 0 e. The van der Waals surface area contributed by atoms with Crippen LogP contribution in [0.2, 0.25) is 0 Å². The Hall–Kier alpha value is 1.23. The molecule has 0 aromatic heterocycles. The first-order valence-electron chi connectivity index (χ1n) is 3.50. The zero-order valence-corrected chi connectivity index (χ0v) is 11.9. The van der Waals surface area contributed by atoms with E-state index < -0.39 is 0 Å². The summed E-state index contributed by atoms with van der Waals surface area (Å²) in [7, 11) is 1.05. The first-order valence-corrected chi connectivity index (χ1v) is 4.50. The summed E-state index contributed by atoms with van der Waals surface area (Å²) in [5.41, 5.74) is 0. The molecule has 0 spiro atoms. The molecule has 0 aromatic carbocycles. The van der Waals surface area contributed by atoms with E-state index >= 15 is 0 Å². The van der Waals surface area contributed by atoms with Crippen molar-refractivity contribution >= 4 is 32.5 Å². The van der Waals surface area contributed by atoms with E-state index in [4.69, 9.17) is 0 Å². The monoisotopic (exact) mass is 314 g/mol. The van der Waals surface area contributed by atoms with Gasteiger partial charge in [-0.05, 0) is 10.3 Å². The summed E-state index contributed by atoms with van der Waals surface area (Å²) < 4.78 is 0. The van der Waals surface area contributed by atoms with Gasteiger partial charge in [0.15, 0.2) is 0 Å². The Morgan fingerprint density at radius 2 is 0.769 bits per heavy atom. The van der Waals surface area contributed by atoms with Crippen LogP contribution in [0.3, 0.4) is 0 Å². The van der Waals surface area contributed by atoms with E-state index in [-0.39, 0.29) is 46.2 Å². The molecule has 0 aromatic rings. The summed E-state index contributed by atoms with van der Waals surface area (Å²) >= 11 is 0. The fraction of sp³-hybridized carbons (Fsp3) is 1.00. The molecule has 0 amide bonds. The van der Waals surface area contributed by atoms with Gasteiger partial charge in [0.25, 0.3) is 0 Å². The van der Waals surface area contributed by atoms with Crippen molar-refractivity contribution in [3.63, 3.8) is 0 Å². The molecular weight excluding hydrogens is 282 g/mol. The van der Waals surface area contributed by atoms with E-state index in [0.717, 1.165) is 8.58 Å². The van der Waals surface area contributed by atoms with Gasteiger partial charge < -0.3 is 0 Å². The van der Waals surface area contributed by atoms with Crippen LogP contribution in [0.25, 0.3) is 0 Å². The molecule has 2 heteroatoms. The Labute approximate surface area is 106 Å². The van der Waals surface area contributed by atoms with Crippen molar-refractivity contribution in [3.8, 4) is 0 Å². The molecule has 4 radical (unpaired) electrons. The molecule has 0 aliphatic carbocycles. The molecule has 0 N–H and O–H groups in total. The molecular formula is C11H31PSn. The zero-order chi connectivity index (χ0) is 7.71. The first kappa shape index (κ1) is 29.2. The SMILES string of the molecule is C.C.C.CC(C)(C)PC(C)(C)C.[Sn]. The summed E-state index contributed by atoms with van der Waals surface area (Å²) in [5.74, 6) is 0. The predicted molar refractivity (Wildman–Crippen MR) is 73.8 cm³/mol. The Balaban J connectivity index is -0.0000000533. The van der Waals surface area contributed by atoms with Crippen molar-refractivity contribution in [2.45, 2.75) is 74.1 Å². The molecule has 0 bridgehead atoms. The summed E-state index contributed by atoms with van der Waals surface area (Å²) in [6, 6.07) is 0. The third-order valence-electron chi connectivity index (χ3n) is 0.750. The van der Waals surface area contributed by atoms with Crippen LogP contribution in [0.5, 0.6) is 0 Å². The molecule has 0 saturated heterocycles. The number of hydrogen-bond acceptors (Lipinski definition) is 0. The van der Waals surface area contributed by atoms with Crippen molar-refractivity contribution in [1.29, 1.82) is 0 Å². The third-order valence-corrected chi connectivity index (χ3v) is 2.25. The van der Waals surface area contributed by atoms with Crippen LogP contribution in [-0.4, -0.2) is 34.2 Å². The Kier molecular flexibility index (Phi) is 22.0. The minimum Gasteiger partial charge on any atom is -0.111 e. The second-order valence-electron chi connectivity index (χ2n) is 4.62. The topological polar surface area (TPSA) is 0 Å². The van der Waals surface area contributed by atoms with Gasteiger partial charge in [0.1, 0.15) is 0 Å². The molecule has 0 unspecified atom stereocenters. The minimum atomic E-state index is 0. The quantitative estimate of drug-likeness (QED) is 0.445. The molecule has 0 atom stereocenters. The van der Waals surface area contributed by atoms with Gasteiger partial charge in [0, 0.05) is 23.9 Å². The van der Waals surface area contributed by atoms with Crippen LogP contribution in [0.1, 0.15) is 63.8 Å². The van der Waals surface area contributed by atoms with E-state index in [1.165, 1.54) is 0 Å². The second-order valence-corrected chi connectivity index (χ2v) is 7.88. The van der Waals surface area contributed by atoms with Gasteiger partial charge in [0.2, 0.25) is 0 Å². The summed E-state index contributed by atoms with van der Waals surface area (Å²) in [6.45, 7) is 13.8. The maximum atomic E-state index is 2.30. The molecule has 0 saturated carbocycles. The average molecular weight is 313 g/mol. The van der Waals surface area contributed by atoms with Gasteiger partial charge in [-0.3, -0.25) is 0 Å². The summed E-state index contributed by atoms with van der Waals surface area (Å²) in [5, 5.41) is 1.02. The third kappa shape index (κ3) is 31.9. The van der Waals surface area contributed by atoms with Gasteiger partial charge in [-0.1, -0.05) is 63.8 Å². The largest absolute Gasteiger partial charge is 0.111 e. The molecule has 84 valence electrons. The van der Waals surface area contributed by atoms with Crippen LogP contribution >= 0.6 is 8.58 Å². The van der Waals surface area contributed by atoms with Crippen LogP contribution in [0.4, 0.5) is 0 Å². The summed E-state index contributed by atoms with van der Waals surface area (Å²) in [6.07, 6.45) is 0. The van der Waals surface area contributed by atoms with Gasteiger partial charge in [0.05, 0.1) is 0 Å². The van der Waals surface area contributed by atoms with E-state index in [1.54, 1.807) is 0 Å². The van der Waals surface area contributed by atoms with Crippen LogP contribution in [-0.2, 0) is 0 Å². The predicted octanol–water partition coefficient (Wildman–Crippen LogP) is 4.79. The van der Waals surface area contributed by atoms with Crippen LogP contribution in [0.15, 0.2) is 0 Å². The van der Waals surface area contributed by atoms with Crippen molar-refractivity contribution in [2.75, 3.05) is 0 Å². The van der Waals surface area contributed by atoms with E-state index in [2.05, 4.69) is 41.5 Å². The van der Waals surface area contributed by atoms with Gasteiger partial charge in [-0.25, -0.2) is 0 Å². The normalized spacial score (nSPS) is 9.69. The molecule has 0 aliphatic heterocycles. The second kappa shape index (κ2) is 9.77. The first-order chi connectivity index (χ1) is 3.71. The fourth-order valence-corrected chi connectivity index (χ4v) is 3.38. The van der Waals surface area contributed by atoms with Crippen molar-refractivity contribution in [3.05, 3.63) is 0 Å². The Morgan fingerprint density at radius 1 is 0.615 bits per heavy atom. The molecule has 0 rings (SSSR count). The zero-order valence-electron chi connectivity index (χ0n) is 8.00. The van der Waals surface area contributed by atoms with Crippen molar-refractivity contribution in [1.82, 2.24) is 0 Å². The molecule has 13 heavy (non-hydrogen) atoms. The standard InChI is InChI=1S/C8H19P.3CH4.Sn/c1-7(2,3)9-8(4,5)6;;;;/h9H,1-6H3;3*1H4;. The van der Waals surface area contributed by atoms with Gasteiger partial charge in [-0.2, -0.15) is 0 Å².